The summed E-state index contributed by atoms with van der Waals surface area (Å²) < 4.78 is 0. The number of hydrogen-bond acceptors (Lipinski definition) is 0. The van der Waals surface area contributed by atoms with E-state index < -0.39 is 0 Å². The van der Waals surface area contributed by atoms with Gasteiger partial charge in [-0.15, -0.1) is 0 Å². The molecule has 0 aromatic rings. The molecule has 0 heterocycles. The van der Waals surface area contributed by atoms with E-state index in [2.05, 4.69) is 27.4 Å². The smallest absolute Gasteiger partial charge is 0.0180 e. The lowest BCUT2D eigenvalue weighted by Gasteiger charge is -2.34. The van der Waals surface area contributed by atoms with Crippen LogP contribution >= 0.6 is 0 Å². The van der Waals surface area contributed by atoms with Gasteiger partial charge >= 0.3 is 0 Å². The second kappa shape index (κ2) is 4.11. The van der Waals surface area contributed by atoms with Gasteiger partial charge in [-0.3, -0.25) is 0 Å². The molecule has 1 aliphatic carbocycles. The molecule has 0 amide bonds. The van der Waals surface area contributed by atoms with Crippen molar-refractivity contribution in [2.45, 2.75) is 46.5 Å². The SMILES string of the molecule is C=C(C)C1CC[C@@H](C)C[C@H]1CC. The highest BCUT2D eigenvalue weighted by Crippen LogP contribution is 2.38. The summed E-state index contributed by atoms with van der Waals surface area (Å²) in [7, 11) is 0. The van der Waals surface area contributed by atoms with Crippen LogP contribution in [0, 0.1) is 17.8 Å². The third-order valence-electron chi connectivity index (χ3n) is 3.40. The van der Waals surface area contributed by atoms with Gasteiger partial charge in [0.2, 0.25) is 0 Å². The van der Waals surface area contributed by atoms with Gasteiger partial charge in [0.05, 0.1) is 0 Å². The van der Waals surface area contributed by atoms with Crippen molar-refractivity contribution in [3.8, 4) is 0 Å². The second-order valence-corrected chi connectivity index (χ2v) is 4.54. The van der Waals surface area contributed by atoms with Gasteiger partial charge in [0.25, 0.3) is 0 Å². The summed E-state index contributed by atoms with van der Waals surface area (Å²) in [6, 6.07) is 0. The quantitative estimate of drug-likeness (QED) is 0.543. The van der Waals surface area contributed by atoms with E-state index >= 15 is 0 Å². The van der Waals surface area contributed by atoms with E-state index in [0.29, 0.717) is 0 Å². The molecule has 0 aliphatic heterocycles. The molecule has 0 spiro atoms. The lowest BCUT2D eigenvalue weighted by Crippen LogP contribution is -2.23. The summed E-state index contributed by atoms with van der Waals surface area (Å²) >= 11 is 0. The zero-order valence-electron chi connectivity index (χ0n) is 8.77. The molecule has 0 N–H and O–H groups in total. The van der Waals surface area contributed by atoms with Crippen LogP contribution in [0.25, 0.3) is 0 Å². The minimum Gasteiger partial charge on any atom is -0.0999 e. The third-order valence-corrected chi connectivity index (χ3v) is 3.40. The van der Waals surface area contributed by atoms with Gasteiger partial charge in [0, 0.05) is 0 Å². The van der Waals surface area contributed by atoms with E-state index in [0.717, 1.165) is 17.8 Å². The van der Waals surface area contributed by atoms with Crippen LogP contribution in [0.3, 0.4) is 0 Å². The molecule has 0 bridgehead atoms. The van der Waals surface area contributed by atoms with Gasteiger partial charge < -0.3 is 0 Å². The van der Waals surface area contributed by atoms with Crippen LogP contribution in [0.1, 0.15) is 46.5 Å². The van der Waals surface area contributed by atoms with Crippen LogP contribution in [-0.2, 0) is 0 Å². The Morgan fingerprint density at radius 2 is 2.08 bits per heavy atom. The standard InChI is InChI=1S/C12H22/c1-5-11-8-10(4)6-7-12(11)9(2)3/h10-12H,2,5-8H2,1,3-4H3/t10-,11-,12?/m1/s1. The fourth-order valence-electron chi connectivity index (χ4n) is 2.60. The van der Waals surface area contributed by atoms with Gasteiger partial charge in [-0.25, -0.2) is 0 Å². The fraction of sp³-hybridized carbons (Fsp3) is 0.833. The van der Waals surface area contributed by atoms with Crippen LogP contribution < -0.4 is 0 Å². The van der Waals surface area contributed by atoms with E-state index in [-0.39, 0.29) is 0 Å². The van der Waals surface area contributed by atoms with E-state index in [1.807, 2.05) is 0 Å². The Hall–Kier alpha value is -0.260. The molecule has 1 unspecified atom stereocenters. The Morgan fingerprint density at radius 1 is 1.42 bits per heavy atom. The molecule has 0 aromatic heterocycles. The highest BCUT2D eigenvalue weighted by atomic mass is 14.3. The second-order valence-electron chi connectivity index (χ2n) is 4.54. The Kier molecular flexibility index (Phi) is 3.37. The average Bonchev–Trinajstić information content (AvgIpc) is 2.03. The van der Waals surface area contributed by atoms with Crippen molar-refractivity contribution in [2.75, 3.05) is 0 Å². The largest absolute Gasteiger partial charge is 0.0999 e. The van der Waals surface area contributed by atoms with Crippen molar-refractivity contribution >= 4 is 0 Å². The van der Waals surface area contributed by atoms with Gasteiger partial charge in [-0.1, -0.05) is 38.8 Å². The molecule has 0 heteroatoms. The lowest BCUT2D eigenvalue weighted by molar-refractivity contribution is 0.211. The van der Waals surface area contributed by atoms with Gasteiger partial charge in [-0.2, -0.15) is 0 Å². The van der Waals surface area contributed by atoms with Crippen LogP contribution in [-0.4, -0.2) is 0 Å². The first-order chi connectivity index (χ1) is 5.65. The summed E-state index contributed by atoms with van der Waals surface area (Å²) in [5.74, 6) is 2.70. The van der Waals surface area contributed by atoms with Crippen molar-refractivity contribution in [3.05, 3.63) is 12.2 Å². The van der Waals surface area contributed by atoms with Crippen molar-refractivity contribution in [3.63, 3.8) is 0 Å². The molecule has 3 atom stereocenters. The van der Waals surface area contributed by atoms with E-state index in [1.165, 1.54) is 31.3 Å². The molecule has 1 aliphatic rings. The predicted octanol–water partition coefficient (Wildman–Crippen LogP) is 4.02. The van der Waals surface area contributed by atoms with Gasteiger partial charge in [0.1, 0.15) is 0 Å². The Labute approximate surface area is 77.1 Å². The predicted molar refractivity (Wildman–Crippen MR) is 55.1 cm³/mol. The zero-order chi connectivity index (χ0) is 9.14. The van der Waals surface area contributed by atoms with Gasteiger partial charge in [-0.05, 0) is 37.5 Å². The molecule has 0 saturated heterocycles. The lowest BCUT2D eigenvalue weighted by atomic mass is 9.71. The summed E-state index contributed by atoms with van der Waals surface area (Å²) in [5.41, 5.74) is 1.41. The first kappa shape index (κ1) is 9.83. The van der Waals surface area contributed by atoms with Crippen LogP contribution in [0.4, 0.5) is 0 Å². The number of allylic oxidation sites excluding steroid dienone is 1. The minimum atomic E-state index is 0.825. The molecule has 70 valence electrons. The molecule has 0 nitrogen and oxygen atoms in total. The molecule has 1 rings (SSSR count). The Balaban J connectivity index is 2.56. The van der Waals surface area contributed by atoms with Crippen molar-refractivity contribution in [1.82, 2.24) is 0 Å². The van der Waals surface area contributed by atoms with Crippen molar-refractivity contribution in [2.24, 2.45) is 17.8 Å². The summed E-state index contributed by atoms with van der Waals surface area (Å²) in [5, 5.41) is 0. The summed E-state index contributed by atoms with van der Waals surface area (Å²) in [6.45, 7) is 11.0. The summed E-state index contributed by atoms with van der Waals surface area (Å²) in [6.07, 6.45) is 5.55. The highest BCUT2D eigenvalue weighted by Gasteiger charge is 2.27. The van der Waals surface area contributed by atoms with Crippen molar-refractivity contribution < 1.29 is 0 Å². The normalized spacial score (nSPS) is 36.4. The zero-order valence-corrected chi connectivity index (χ0v) is 8.77. The molecule has 1 saturated carbocycles. The Bertz CT molecular complexity index is 157. The molecule has 12 heavy (non-hydrogen) atoms. The molecule has 1 fully saturated rings. The van der Waals surface area contributed by atoms with Crippen LogP contribution in [0.15, 0.2) is 12.2 Å². The van der Waals surface area contributed by atoms with E-state index in [1.54, 1.807) is 0 Å². The maximum atomic E-state index is 4.10. The minimum absolute atomic E-state index is 0.825. The maximum absolute atomic E-state index is 4.10. The first-order valence-corrected chi connectivity index (χ1v) is 5.30. The first-order valence-electron chi connectivity index (χ1n) is 5.30. The molecular formula is C12H22. The fourth-order valence-corrected chi connectivity index (χ4v) is 2.60. The monoisotopic (exact) mass is 166 g/mol. The Morgan fingerprint density at radius 3 is 2.58 bits per heavy atom. The number of rotatable bonds is 2. The van der Waals surface area contributed by atoms with Crippen LogP contribution in [0.2, 0.25) is 0 Å². The van der Waals surface area contributed by atoms with E-state index in [9.17, 15) is 0 Å². The van der Waals surface area contributed by atoms with E-state index in [4.69, 9.17) is 0 Å². The molecule has 0 aromatic carbocycles. The average molecular weight is 166 g/mol. The highest BCUT2D eigenvalue weighted by molar-refractivity contribution is 5.00. The topological polar surface area (TPSA) is 0 Å². The maximum Gasteiger partial charge on any atom is -0.0180 e. The third kappa shape index (κ3) is 2.12. The van der Waals surface area contributed by atoms with Crippen molar-refractivity contribution in [1.29, 1.82) is 0 Å². The molecule has 0 radical (unpaired) electrons. The number of hydrogen-bond donors (Lipinski definition) is 0. The van der Waals surface area contributed by atoms with Gasteiger partial charge in [0.15, 0.2) is 0 Å². The summed E-state index contributed by atoms with van der Waals surface area (Å²) in [4.78, 5) is 0. The molecular weight excluding hydrogens is 144 g/mol. The van der Waals surface area contributed by atoms with Crippen LogP contribution in [0.5, 0.6) is 0 Å².